The minimum atomic E-state index is -0.281. The Morgan fingerprint density at radius 1 is 1.41 bits per heavy atom. The van der Waals surface area contributed by atoms with Gasteiger partial charge in [0.25, 0.3) is 0 Å². The van der Waals surface area contributed by atoms with Gasteiger partial charge in [0.15, 0.2) is 0 Å². The number of hydrogen-bond donors (Lipinski definition) is 1. The molecule has 0 saturated carbocycles. The van der Waals surface area contributed by atoms with E-state index in [-0.39, 0.29) is 22.6 Å². The molecule has 0 radical (unpaired) electrons. The predicted molar refractivity (Wildman–Crippen MR) is 69.0 cm³/mol. The van der Waals surface area contributed by atoms with Gasteiger partial charge >= 0.3 is 5.97 Å². The molecule has 0 aliphatic heterocycles. The van der Waals surface area contributed by atoms with Crippen LogP contribution < -0.4 is 5.32 Å². The summed E-state index contributed by atoms with van der Waals surface area (Å²) < 4.78 is 4.77. The number of pyridine rings is 1. The van der Waals surface area contributed by atoms with E-state index < -0.39 is 0 Å². The van der Waals surface area contributed by atoms with Crippen molar-refractivity contribution in [2.75, 3.05) is 18.5 Å². The van der Waals surface area contributed by atoms with Crippen LogP contribution in [0.2, 0.25) is 15.2 Å². The molecule has 1 N–H and O–H groups in total. The van der Waals surface area contributed by atoms with Crippen LogP contribution in [0.1, 0.15) is 13.3 Å². The number of carbonyl (C=O) groups is 1. The van der Waals surface area contributed by atoms with Gasteiger partial charge in [0, 0.05) is 6.54 Å². The Hall–Kier alpha value is -0.710. The first-order valence-corrected chi connectivity index (χ1v) is 6.09. The zero-order valence-corrected chi connectivity index (χ0v) is 11.4. The van der Waals surface area contributed by atoms with Gasteiger partial charge in [-0.15, -0.1) is 0 Å². The van der Waals surface area contributed by atoms with Crippen molar-refractivity contribution in [1.82, 2.24) is 4.98 Å². The molecule has 4 nitrogen and oxygen atoms in total. The van der Waals surface area contributed by atoms with Crippen LogP contribution in [0.4, 0.5) is 5.82 Å². The number of anilines is 1. The average Bonchev–Trinajstić information content (AvgIpc) is 2.26. The van der Waals surface area contributed by atoms with Gasteiger partial charge < -0.3 is 10.1 Å². The van der Waals surface area contributed by atoms with Crippen molar-refractivity contribution < 1.29 is 9.53 Å². The maximum atomic E-state index is 11.1. The summed E-state index contributed by atoms with van der Waals surface area (Å²) >= 11 is 17.4. The molecule has 0 atom stereocenters. The van der Waals surface area contributed by atoms with Crippen molar-refractivity contribution >= 4 is 46.6 Å². The second-order valence-corrected chi connectivity index (χ2v) is 4.25. The van der Waals surface area contributed by atoms with Crippen molar-refractivity contribution in [3.63, 3.8) is 0 Å². The number of ether oxygens (including phenoxy) is 1. The van der Waals surface area contributed by atoms with E-state index in [1.54, 1.807) is 6.92 Å². The maximum Gasteiger partial charge on any atom is 0.307 e. The van der Waals surface area contributed by atoms with Gasteiger partial charge in [-0.05, 0) is 13.0 Å². The van der Waals surface area contributed by atoms with E-state index >= 15 is 0 Å². The van der Waals surface area contributed by atoms with Gasteiger partial charge in [-0.3, -0.25) is 4.79 Å². The van der Waals surface area contributed by atoms with Crippen LogP contribution in [-0.4, -0.2) is 24.1 Å². The molecule has 0 spiro atoms. The summed E-state index contributed by atoms with van der Waals surface area (Å²) in [5, 5.41) is 3.68. The quantitative estimate of drug-likeness (QED) is 0.668. The molecule has 0 bridgehead atoms. The smallest absolute Gasteiger partial charge is 0.307 e. The maximum absolute atomic E-state index is 11.1. The minimum Gasteiger partial charge on any atom is -0.466 e. The summed E-state index contributed by atoms with van der Waals surface area (Å²) in [5.74, 6) is 0.113. The van der Waals surface area contributed by atoms with Gasteiger partial charge in [-0.2, -0.15) is 0 Å². The third kappa shape index (κ3) is 4.58. The Labute approximate surface area is 114 Å². The lowest BCUT2D eigenvalue weighted by Gasteiger charge is -2.08. The molecular weight excluding hydrogens is 286 g/mol. The standard InChI is InChI=1S/C10H11Cl3N2O2/c1-2-17-8(16)3-4-14-10-7(12)5-6(11)9(13)15-10/h5H,2-4H2,1H3,(H,14,15). The van der Waals surface area contributed by atoms with Gasteiger partial charge in [0.05, 0.1) is 23.1 Å². The second kappa shape index (κ2) is 6.89. The fraction of sp³-hybridized carbons (Fsp3) is 0.400. The van der Waals surface area contributed by atoms with Crippen molar-refractivity contribution in [2.24, 2.45) is 0 Å². The zero-order chi connectivity index (χ0) is 12.8. The monoisotopic (exact) mass is 296 g/mol. The van der Waals surface area contributed by atoms with Crippen molar-refractivity contribution in [1.29, 1.82) is 0 Å². The van der Waals surface area contributed by atoms with E-state index in [9.17, 15) is 4.79 Å². The third-order valence-electron chi connectivity index (χ3n) is 1.81. The van der Waals surface area contributed by atoms with E-state index in [1.807, 2.05) is 0 Å². The molecule has 1 aromatic heterocycles. The van der Waals surface area contributed by atoms with Crippen LogP contribution >= 0.6 is 34.8 Å². The van der Waals surface area contributed by atoms with Gasteiger partial charge in [-0.25, -0.2) is 4.98 Å². The molecule has 0 amide bonds. The number of carbonyl (C=O) groups excluding carboxylic acids is 1. The number of aromatic nitrogens is 1. The van der Waals surface area contributed by atoms with Crippen molar-refractivity contribution in [3.05, 3.63) is 21.3 Å². The molecule has 0 unspecified atom stereocenters. The summed E-state index contributed by atoms with van der Waals surface area (Å²) in [6, 6.07) is 1.49. The Morgan fingerprint density at radius 3 is 2.76 bits per heavy atom. The molecule has 1 aromatic rings. The first-order valence-electron chi connectivity index (χ1n) is 4.95. The summed E-state index contributed by atoms with van der Waals surface area (Å²) in [4.78, 5) is 15.0. The average molecular weight is 298 g/mol. The molecule has 0 aromatic carbocycles. The molecule has 7 heteroatoms. The normalized spacial score (nSPS) is 10.1. The Kier molecular flexibility index (Phi) is 5.82. The number of nitrogens with one attached hydrogen (secondary N) is 1. The number of rotatable bonds is 5. The second-order valence-electron chi connectivity index (χ2n) is 3.07. The van der Waals surface area contributed by atoms with Crippen LogP contribution in [-0.2, 0) is 9.53 Å². The molecule has 0 aliphatic carbocycles. The summed E-state index contributed by atoms with van der Waals surface area (Å²) in [6.07, 6.45) is 0.228. The van der Waals surface area contributed by atoms with Crippen LogP contribution in [0, 0.1) is 0 Å². The minimum absolute atomic E-state index is 0.162. The predicted octanol–water partition coefficient (Wildman–Crippen LogP) is 3.41. The van der Waals surface area contributed by atoms with Crippen LogP contribution in [0.25, 0.3) is 0 Å². The third-order valence-corrected chi connectivity index (χ3v) is 2.77. The fourth-order valence-corrected chi connectivity index (χ4v) is 1.65. The lowest BCUT2D eigenvalue weighted by atomic mass is 10.4. The van der Waals surface area contributed by atoms with Crippen LogP contribution in [0.5, 0.6) is 0 Å². The first kappa shape index (κ1) is 14.4. The van der Waals surface area contributed by atoms with E-state index in [0.717, 1.165) is 0 Å². The topological polar surface area (TPSA) is 51.2 Å². The largest absolute Gasteiger partial charge is 0.466 e. The number of halogens is 3. The number of nitrogens with zero attached hydrogens (tertiary/aromatic N) is 1. The van der Waals surface area contributed by atoms with Gasteiger partial charge in [0.2, 0.25) is 0 Å². The first-order chi connectivity index (χ1) is 8.04. The molecule has 0 aliphatic rings. The Bertz CT molecular complexity index is 413. The highest BCUT2D eigenvalue weighted by Gasteiger charge is 2.08. The highest BCUT2D eigenvalue weighted by molar-refractivity contribution is 6.42. The SMILES string of the molecule is CCOC(=O)CCNc1nc(Cl)c(Cl)cc1Cl. The lowest BCUT2D eigenvalue weighted by molar-refractivity contribution is -0.142. The highest BCUT2D eigenvalue weighted by Crippen LogP contribution is 2.28. The summed E-state index contributed by atoms with van der Waals surface area (Å²) in [6.45, 7) is 2.48. The van der Waals surface area contributed by atoms with E-state index in [4.69, 9.17) is 39.5 Å². The fourth-order valence-electron chi connectivity index (χ4n) is 1.08. The molecule has 1 rings (SSSR count). The van der Waals surface area contributed by atoms with Crippen LogP contribution in [0.15, 0.2) is 6.07 Å². The molecular formula is C10H11Cl3N2O2. The lowest BCUT2D eigenvalue weighted by Crippen LogP contribution is -2.12. The summed E-state index contributed by atoms with van der Waals surface area (Å²) in [5.41, 5.74) is 0. The molecule has 94 valence electrons. The molecule has 0 saturated heterocycles. The van der Waals surface area contributed by atoms with Crippen molar-refractivity contribution in [2.45, 2.75) is 13.3 Å². The van der Waals surface area contributed by atoms with Gasteiger partial charge in [-0.1, -0.05) is 34.8 Å². The number of hydrogen-bond acceptors (Lipinski definition) is 4. The zero-order valence-electron chi connectivity index (χ0n) is 9.10. The Morgan fingerprint density at radius 2 is 2.12 bits per heavy atom. The van der Waals surface area contributed by atoms with E-state index in [0.29, 0.717) is 24.0 Å². The molecule has 0 fully saturated rings. The Balaban J connectivity index is 2.52. The molecule has 1 heterocycles. The van der Waals surface area contributed by atoms with Crippen molar-refractivity contribution in [3.8, 4) is 0 Å². The van der Waals surface area contributed by atoms with E-state index in [2.05, 4.69) is 10.3 Å². The molecule has 17 heavy (non-hydrogen) atoms. The van der Waals surface area contributed by atoms with E-state index in [1.165, 1.54) is 6.07 Å². The van der Waals surface area contributed by atoms with Crippen LogP contribution in [0.3, 0.4) is 0 Å². The number of esters is 1. The summed E-state index contributed by atoms with van der Waals surface area (Å²) in [7, 11) is 0. The highest BCUT2D eigenvalue weighted by atomic mass is 35.5. The van der Waals surface area contributed by atoms with Gasteiger partial charge in [0.1, 0.15) is 11.0 Å².